The summed E-state index contributed by atoms with van der Waals surface area (Å²) < 4.78 is 18.2. The number of carbonyl (C=O) groups excluding carboxylic acids is 2. The Labute approximate surface area is 166 Å². The molecular formula is C21H19FN4O3. The summed E-state index contributed by atoms with van der Waals surface area (Å²) in [6, 6.07) is 12.5. The summed E-state index contributed by atoms with van der Waals surface area (Å²) in [6.45, 7) is 1.76. The van der Waals surface area contributed by atoms with E-state index in [1.165, 1.54) is 18.4 Å². The smallest absolute Gasteiger partial charge is 0.289 e. The molecule has 4 rings (SSSR count). The normalized spacial score (nSPS) is 14.0. The molecule has 0 radical (unpaired) electrons. The predicted octanol–water partition coefficient (Wildman–Crippen LogP) is 3.16. The number of hydrogen-bond acceptors (Lipinski definition) is 5. The zero-order valence-electron chi connectivity index (χ0n) is 15.5. The zero-order chi connectivity index (χ0) is 20.2. The van der Waals surface area contributed by atoms with Gasteiger partial charge < -0.3 is 19.5 Å². The van der Waals surface area contributed by atoms with Gasteiger partial charge in [0.1, 0.15) is 11.6 Å². The molecule has 148 valence electrons. The number of piperazine rings is 1. The van der Waals surface area contributed by atoms with E-state index in [1.807, 2.05) is 0 Å². The summed E-state index contributed by atoms with van der Waals surface area (Å²) >= 11 is 0. The van der Waals surface area contributed by atoms with Crippen LogP contribution in [0.15, 0.2) is 65.4 Å². The molecule has 0 unspecified atom stereocenters. The molecule has 29 heavy (non-hydrogen) atoms. The number of aromatic nitrogens is 1. The highest BCUT2D eigenvalue weighted by Gasteiger charge is 2.26. The summed E-state index contributed by atoms with van der Waals surface area (Å²) in [5, 5.41) is 3.06. The largest absolute Gasteiger partial charge is 0.459 e. The average molecular weight is 394 g/mol. The minimum atomic E-state index is -0.322. The molecule has 0 atom stereocenters. The SMILES string of the molecule is O=C(c1ccnc(Nc2ccc(F)cc2)c1)N1CCN(C(=O)c2ccco2)CC1. The first-order chi connectivity index (χ1) is 14.1. The van der Waals surface area contributed by atoms with Gasteiger partial charge in [-0.2, -0.15) is 0 Å². The van der Waals surface area contributed by atoms with E-state index >= 15 is 0 Å². The number of furan rings is 1. The Morgan fingerprint density at radius 2 is 1.66 bits per heavy atom. The fraction of sp³-hybridized carbons (Fsp3) is 0.190. The van der Waals surface area contributed by atoms with Crippen LogP contribution in [0, 0.1) is 5.82 Å². The molecule has 0 aliphatic carbocycles. The van der Waals surface area contributed by atoms with Crippen LogP contribution >= 0.6 is 0 Å². The summed E-state index contributed by atoms with van der Waals surface area (Å²) in [6.07, 6.45) is 3.02. The van der Waals surface area contributed by atoms with Crippen molar-refractivity contribution in [2.45, 2.75) is 0 Å². The Bertz CT molecular complexity index is 997. The van der Waals surface area contributed by atoms with Gasteiger partial charge in [0.05, 0.1) is 6.26 Å². The minimum absolute atomic E-state index is 0.125. The molecule has 0 bridgehead atoms. The molecule has 1 saturated heterocycles. The van der Waals surface area contributed by atoms with E-state index < -0.39 is 0 Å². The number of halogens is 1. The molecule has 1 aromatic carbocycles. The first-order valence-electron chi connectivity index (χ1n) is 9.21. The second-order valence-electron chi connectivity index (χ2n) is 6.62. The average Bonchev–Trinajstić information content (AvgIpc) is 3.30. The zero-order valence-corrected chi connectivity index (χ0v) is 15.5. The molecule has 2 aromatic heterocycles. The van der Waals surface area contributed by atoms with Crippen LogP contribution in [-0.4, -0.2) is 52.8 Å². The van der Waals surface area contributed by atoms with Gasteiger partial charge in [0, 0.05) is 43.6 Å². The minimum Gasteiger partial charge on any atom is -0.459 e. The van der Waals surface area contributed by atoms with Crippen molar-refractivity contribution in [2.24, 2.45) is 0 Å². The number of amides is 2. The van der Waals surface area contributed by atoms with Gasteiger partial charge in [-0.1, -0.05) is 0 Å². The van der Waals surface area contributed by atoms with E-state index in [1.54, 1.807) is 52.4 Å². The number of benzene rings is 1. The topological polar surface area (TPSA) is 78.7 Å². The summed E-state index contributed by atoms with van der Waals surface area (Å²) in [5.74, 6) is 0.179. The molecule has 1 N–H and O–H groups in total. The summed E-state index contributed by atoms with van der Waals surface area (Å²) in [7, 11) is 0. The van der Waals surface area contributed by atoms with Gasteiger partial charge >= 0.3 is 0 Å². The first-order valence-corrected chi connectivity index (χ1v) is 9.21. The molecule has 8 heteroatoms. The van der Waals surface area contributed by atoms with Gasteiger partial charge in [0.15, 0.2) is 5.76 Å². The van der Waals surface area contributed by atoms with Crippen molar-refractivity contribution in [3.63, 3.8) is 0 Å². The van der Waals surface area contributed by atoms with E-state index in [-0.39, 0.29) is 17.6 Å². The third-order valence-corrected chi connectivity index (χ3v) is 4.71. The van der Waals surface area contributed by atoms with Crippen LogP contribution in [0.2, 0.25) is 0 Å². The van der Waals surface area contributed by atoms with Crippen LogP contribution in [0.25, 0.3) is 0 Å². The van der Waals surface area contributed by atoms with Crippen molar-refractivity contribution >= 4 is 23.3 Å². The Kier molecular flexibility index (Phi) is 5.24. The standard InChI is InChI=1S/C21H19FN4O3/c22-16-3-5-17(6-4-16)24-19-14-15(7-8-23-19)20(27)25-9-11-26(12-10-25)21(28)18-2-1-13-29-18/h1-8,13-14H,9-12H2,(H,23,24). The maximum absolute atomic E-state index is 13.0. The van der Waals surface area contributed by atoms with Crippen molar-refractivity contribution in [1.82, 2.24) is 14.8 Å². The van der Waals surface area contributed by atoms with Crippen molar-refractivity contribution in [1.29, 1.82) is 0 Å². The van der Waals surface area contributed by atoms with Gasteiger partial charge in [-0.15, -0.1) is 0 Å². The lowest BCUT2D eigenvalue weighted by Gasteiger charge is -2.34. The second kappa shape index (κ2) is 8.14. The number of anilines is 2. The third kappa shape index (κ3) is 4.26. The van der Waals surface area contributed by atoms with Crippen LogP contribution in [0.4, 0.5) is 15.9 Å². The molecule has 2 amide bonds. The Hall–Kier alpha value is -3.68. The van der Waals surface area contributed by atoms with E-state index in [9.17, 15) is 14.0 Å². The van der Waals surface area contributed by atoms with Gasteiger partial charge in [0.25, 0.3) is 11.8 Å². The number of rotatable bonds is 4. The lowest BCUT2D eigenvalue weighted by atomic mass is 10.2. The van der Waals surface area contributed by atoms with Gasteiger partial charge in [-0.05, 0) is 48.5 Å². The van der Waals surface area contributed by atoms with E-state index in [0.29, 0.717) is 49.0 Å². The lowest BCUT2D eigenvalue weighted by Crippen LogP contribution is -2.50. The number of carbonyl (C=O) groups is 2. The summed E-state index contributed by atoms with van der Waals surface area (Å²) in [4.78, 5) is 32.8. The molecule has 3 heterocycles. The van der Waals surface area contributed by atoms with Crippen LogP contribution in [0.1, 0.15) is 20.9 Å². The van der Waals surface area contributed by atoms with E-state index in [4.69, 9.17) is 4.42 Å². The van der Waals surface area contributed by atoms with E-state index in [0.717, 1.165) is 0 Å². The van der Waals surface area contributed by atoms with Crippen molar-refractivity contribution < 1.29 is 18.4 Å². The van der Waals surface area contributed by atoms with Crippen LogP contribution in [0.5, 0.6) is 0 Å². The molecule has 1 aliphatic heterocycles. The van der Waals surface area contributed by atoms with Crippen LogP contribution < -0.4 is 5.32 Å². The fourth-order valence-corrected chi connectivity index (χ4v) is 3.16. The highest BCUT2D eigenvalue weighted by Crippen LogP contribution is 2.18. The number of pyridine rings is 1. The number of nitrogens with zero attached hydrogens (tertiary/aromatic N) is 3. The Morgan fingerprint density at radius 3 is 2.31 bits per heavy atom. The second-order valence-corrected chi connectivity index (χ2v) is 6.62. The molecule has 3 aromatic rings. The van der Waals surface area contributed by atoms with Gasteiger partial charge in [0.2, 0.25) is 0 Å². The molecule has 7 nitrogen and oxygen atoms in total. The van der Waals surface area contributed by atoms with Gasteiger partial charge in [-0.3, -0.25) is 9.59 Å². The Morgan fingerprint density at radius 1 is 0.966 bits per heavy atom. The monoisotopic (exact) mass is 394 g/mol. The van der Waals surface area contributed by atoms with Gasteiger partial charge in [-0.25, -0.2) is 9.37 Å². The highest BCUT2D eigenvalue weighted by atomic mass is 19.1. The van der Waals surface area contributed by atoms with Crippen LogP contribution in [-0.2, 0) is 0 Å². The fourth-order valence-electron chi connectivity index (χ4n) is 3.16. The Balaban J connectivity index is 1.38. The maximum atomic E-state index is 13.0. The van der Waals surface area contributed by atoms with Crippen LogP contribution in [0.3, 0.4) is 0 Å². The lowest BCUT2D eigenvalue weighted by molar-refractivity contribution is 0.0518. The van der Waals surface area contributed by atoms with Crippen molar-refractivity contribution in [3.8, 4) is 0 Å². The first kappa shape index (κ1) is 18.7. The van der Waals surface area contributed by atoms with E-state index in [2.05, 4.69) is 10.3 Å². The summed E-state index contributed by atoms with van der Waals surface area (Å²) in [5.41, 5.74) is 1.17. The molecule has 1 aliphatic rings. The molecule has 0 spiro atoms. The predicted molar refractivity (Wildman–Crippen MR) is 104 cm³/mol. The number of hydrogen-bond donors (Lipinski definition) is 1. The van der Waals surface area contributed by atoms with Crippen molar-refractivity contribution in [3.05, 3.63) is 78.1 Å². The molecular weight excluding hydrogens is 375 g/mol. The molecule has 0 saturated carbocycles. The quantitative estimate of drug-likeness (QED) is 0.735. The van der Waals surface area contributed by atoms with Crippen molar-refractivity contribution in [2.75, 3.05) is 31.5 Å². The maximum Gasteiger partial charge on any atom is 0.289 e. The third-order valence-electron chi connectivity index (χ3n) is 4.71. The molecule has 1 fully saturated rings. The number of nitrogens with one attached hydrogen (secondary N) is 1. The highest BCUT2D eigenvalue weighted by molar-refractivity contribution is 5.95.